The average molecular weight is 284 g/mol. The summed E-state index contributed by atoms with van der Waals surface area (Å²) < 4.78 is 6.71. The van der Waals surface area contributed by atoms with Gasteiger partial charge in [-0.05, 0) is 35.2 Å². The highest BCUT2D eigenvalue weighted by Crippen LogP contribution is 2.38. The van der Waals surface area contributed by atoms with Gasteiger partial charge in [-0.1, -0.05) is 0 Å². The van der Waals surface area contributed by atoms with Crippen LogP contribution in [0.25, 0.3) is 0 Å². The van der Waals surface area contributed by atoms with E-state index in [9.17, 15) is 0 Å². The second-order valence-corrected chi connectivity index (χ2v) is 5.30. The molecule has 16 heavy (non-hydrogen) atoms. The van der Waals surface area contributed by atoms with Crippen LogP contribution < -0.4 is 11.1 Å². The van der Waals surface area contributed by atoms with Crippen molar-refractivity contribution in [3.63, 3.8) is 0 Å². The topological polar surface area (TPSA) is 60.2 Å². The highest BCUT2D eigenvalue weighted by Gasteiger charge is 2.40. The van der Waals surface area contributed by atoms with Gasteiger partial charge in [0, 0.05) is 6.20 Å². The van der Waals surface area contributed by atoms with E-state index in [0.29, 0.717) is 23.9 Å². The number of pyridine rings is 1. The monoisotopic (exact) mass is 283 g/mol. The Balaban J connectivity index is 1.79. The number of halogens is 1. The lowest BCUT2D eigenvalue weighted by molar-refractivity contribution is 0.102. The van der Waals surface area contributed by atoms with Gasteiger partial charge in [0.15, 0.2) is 0 Å². The minimum absolute atomic E-state index is 0.351. The molecule has 2 aliphatic rings. The summed E-state index contributed by atoms with van der Waals surface area (Å²) in [5, 5.41) is 3.47. The Labute approximate surface area is 103 Å². The number of nitrogens with one attached hydrogen (secondary N) is 1. The molecule has 1 aromatic rings. The van der Waals surface area contributed by atoms with Crippen LogP contribution in [0.5, 0.6) is 0 Å². The van der Waals surface area contributed by atoms with Gasteiger partial charge in [0.05, 0.1) is 40.3 Å². The first-order valence-electron chi connectivity index (χ1n) is 5.55. The quantitative estimate of drug-likeness (QED) is 0.873. The molecule has 3 rings (SSSR count). The van der Waals surface area contributed by atoms with Crippen molar-refractivity contribution in [2.24, 2.45) is 0 Å². The summed E-state index contributed by atoms with van der Waals surface area (Å²) in [6.07, 6.45) is 7.67. The van der Waals surface area contributed by atoms with Crippen LogP contribution in [-0.2, 0) is 4.74 Å². The Kier molecular flexibility index (Phi) is 2.52. The Hall–Kier alpha value is -0.810. The average Bonchev–Trinajstić information content (AvgIpc) is 2.85. The van der Waals surface area contributed by atoms with Gasteiger partial charge in [-0.15, -0.1) is 0 Å². The van der Waals surface area contributed by atoms with E-state index < -0.39 is 0 Å². The highest BCUT2D eigenvalue weighted by molar-refractivity contribution is 9.10. The molecular formula is C11H14BrN3O. The summed E-state index contributed by atoms with van der Waals surface area (Å²) in [7, 11) is 0. The number of nitrogens with zero attached hydrogens (tertiary/aromatic N) is 1. The third kappa shape index (κ3) is 1.68. The fourth-order valence-electron chi connectivity index (χ4n) is 2.58. The molecule has 5 heteroatoms. The first kappa shape index (κ1) is 10.4. The lowest BCUT2D eigenvalue weighted by Crippen LogP contribution is -2.30. The number of hydrogen-bond donors (Lipinski definition) is 2. The molecule has 4 nitrogen and oxygen atoms in total. The number of fused-ring (bicyclic) bond motifs is 2. The van der Waals surface area contributed by atoms with Gasteiger partial charge in [-0.2, -0.15) is 0 Å². The van der Waals surface area contributed by atoms with Crippen molar-refractivity contribution in [3.05, 3.63) is 16.9 Å². The molecule has 2 saturated heterocycles. The molecule has 3 unspecified atom stereocenters. The fourth-order valence-corrected chi connectivity index (χ4v) is 3.04. The SMILES string of the molecule is Nc1cncc(Br)c1NC1CC2CCC1O2. The van der Waals surface area contributed by atoms with Gasteiger partial charge in [-0.3, -0.25) is 4.98 Å². The number of nitrogen functional groups attached to an aromatic ring is 1. The summed E-state index contributed by atoms with van der Waals surface area (Å²) >= 11 is 3.46. The van der Waals surface area contributed by atoms with Crippen LogP contribution in [0.15, 0.2) is 16.9 Å². The number of hydrogen-bond acceptors (Lipinski definition) is 4. The van der Waals surface area contributed by atoms with E-state index in [0.717, 1.165) is 23.0 Å². The predicted octanol–water partition coefficient (Wildman–Crippen LogP) is 2.16. The van der Waals surface area contributed by atoms with Crippen LogP contribution in [0.2, 0.25) is 0 Å². The van der Waals surface area contributed by atoms with Crippen molar-refractivity contribution in [1.29, 1.82) is 0 Å². The Morgan fingerprint density at radius 1 is 1.44 bits per heavy atom. The molecule has 0 amide bonds. The van der Waals surface area contributed by atoms with Crippen molar-refractivity contribution in [1.82, 2.24) is 4.98 Å². The Morgan fingerprint density at radius 3 is 2.94 bits per heavy atom. The fraction of sp³-hybridized carbons (Fsp3) is 0.545. The second kappa shape index (κ2) is 3.89. The van der Waals surface area contributed by atoms with Gasteiger partial charge in [-0.25, -0.2) is 0 Å². The van der Waals surface area contributed by atoms with Crippen molar-refractivity contribution < 1.29 is 4.74 Å². The zero-order chi connectivity index (χ0) is 11.1. The molecule has 0 aromatic carbocycles. The molecule has 3 N–H and O–H groups in total. The Morgan fingerprint density at radius 2 is 2.31 bits per heavy atom. The number of anilines is 2. The summed E-state index contributed by atoms with van der Waals surface area (Å²) in [5.41, 5.74) is 7.52. The lowest BCUT2D eigenvalue weighted by atomic mass is 9.95. The number of nitrogens with two attached hydrogens (primary N) is 1. The molecule has 0 aliphatic carbocycles. The van der Waals surface area contributed by atoms with Gasteiger partial charge >= 0.3 is 0 Å². The number of ether oxygens (including phenoxy) is 1. The molecule has 2 bridgehead atoms. The van der Waals surface area contributed by atoms with Crippen LogP contribution in [0.1, 0.15) is 19.3 Å². The molecule has 86 valence electrons. The molecule has 0 saturated carbocycles. The zero-order valence-corrected chi connectivity index (χ0v) is 10.4. The molecular weight excluding hydrogens is 270 g/mol. The molecule has 2 fully saturated rings. The normalized spacial score (nSPS) is 31.9. The molecule has 2 aliphatic heterocycles. The highest BCUT2D eigenvalue weighted by atomic mass is 79.9. The van der Waals surface area contributed by atoms with E-state index in [1.165, 1.54) is 6.42 Å². The van der Waals surface area contributed by atoms with E-state index >= 15 is 0 Å². The minimum Gasteiger partial charge on any atom is -0.396 e. The Bertz CT molecular complexity index is 392. The van der Waals surface area contributed by atoms with Crippen molar-refractivity contribution in [2.45, 2.75) is 37.5 Å². The summed E-state index contributed by atoms with van der Waals surface area (Å²) in [6.45, 7) is 0. The number of rotatable bonds is 2. The van der Waals surface area contributed by atoms with Gasteiger partial charge in [0.1, 0.15) is 0 Å². The van der Waals surface area contributed by atoms with Crippen LogP contribution in [-0.4, -0.2) is 23.2 Å². The van der Waals surface area contributed by atoms with E-state index in [4.69, 9.17) is 10.5 Å². The van der Waals surface area contributed by atoms with Crippen LogP contribution in [0, 0.1) is 0 Å². The largest absolute Gasteiger partial charge is 0.396 e. The first-order valence-corrected chi connectivity index (χ1v) is 6.34. The maximum atomic E-state index is 5.90. The maximum Gasteiger partial charge on any atom is 0.0781 e. The molecule has 1 aromatic heterocycles. The summed E-state index contributed by atoms with van der Waals surface area (Å²) in [5.74, 6) is 0. The van der Waals surface area contributed by atoms with E-state index in [2.05, 4.69) is 26.2 Å². The second-order valence-electron chi connectivity index (χ2n) is 4.45. The zero-order valence-electron chi connectivity index (χ0n) is 8.82. The minimum atomic E-state index is 0.351. The predicted molar refractivity (Wildman–Crippen MR) is 66.3 cm³/mol. The van der Waals surface area contributed by atoms with E-state index in [1.807, 2.05) is 0 Å². The lowest BCUT2D eigenvalue weighted by Gasteiger charge is -2.22. The third-order valence-electron chi connectivity index (χ3n) is 3.36. The molecule has 3 heterocycles. The van der Waals surface area contributed by atoms with Crippen molar-refractivity contribution in [3.8, 4) is 0 Å². The summed E-state index contributed by atoms with van der Waals surface area (Å²) in [4.78, 5) is 4.02. The van der Waals surface area contributed by atoms with Crippen LogP contribution >= 0.6 is 15.9 Å². The van der Waals surface area contributed by atoms with Gasteiger partial charge in [0.2, 0.25) is 0 Å². The van der Waals surface area contributed by atoms with Gasteiger partial charge in [0.25, 0.3) is 0 Å². The standard InChI is InChI=1S/C11H14BrN3O/c12-7-4-14-5-8(13)11(7)15-9-3-6-1-2-10(9)16-6/h4-6,9-10H,1-3,13H2,(H,14,15). The molecule has 3 atom stereocenters. The van der Waals surface area contributed by atoms with Crippen LogP contribution in [0.3, 0.4) is 0 Å². The summed E-state index contributed by atoms with van der Waals surface area (Å²) in [6, 6.07) is 0.389. The molecule has 0 spiro atoms. The number of aromatic nitrogens is 1. The first-order chi connectivity index (χ1) is 7.74. The van der Waals surface area contributed by atoms with E-state index in [-0.39, 0.29) is 0 Å². The third-order valence-corrected chi connectivity index (χ3v) is 3.97. The van der Waals surface area contributed by atoms with E-state index in [1.54, 1.807) is 12.4 Å². The van der Waals surface area contributed by atoms with Crippen molar-refractivity contribution >= 4 is 27.3 Å². The smallest absolute Gasteiger partial charge is 0.0781 e. The van der Waals surface area contributed by atoms with Crippen LogP contribution in [0.4, 0.5) is 11.4 Å². The van der Waals surface area contributed by atoms with Crippen molar-refractivity contribution in [2.75, 3.05) is 11.1 Å². The molecule has 0 radical (unpaired) electrons. The van der Waals surface area contributed by atoms with Gasteiger partial charge < -0.3 is 15.8 Å². The maximum absolute atomic E-state index is 5.90.